The Morgan fingerprint density at radius 2 is 2.11 bits per heavy atom. The minimum atomic E-state index is -0.452. The van der Waals surface area contributed by atoms with Gasteiger partial charge in [-0.3, -0.25) is 16.0 Å². The van der Waals surface area contributed by atoms with E-state index in [4.69, 9.17) is 10.6 Å². The molecule has 0 saturated carbocycles. The highest BCUT2D eigenvalue weighted by Gasteiger charge is 2.08. The molecule has 0 unspecified atom stereocenters. The lowest BCUT2D eigenvalue weighted by molar-refractivity contribution is -0.384. The summed E-state index contributed by atoms with van der Waals surface area (Å²) in [6, 6.07) is 4.57. The lowest BCUT2D eigenvalue weighted by atomic mass is 10.2. The number of nitro groups is 1. The third-order valence-corrected chi connectivity index (χ3v) is 2.29. The lowest BCUT2D eigenvalue weighted by Gasteiger charge is -2.08. The molecule has 4 N–H and O–H groups in total. The number of non-ortho nitro benzene ring substituents is 1. The molecule has 1 aromatic carbocycles. The van der Waals surface area contributed by atoms with Crippen LogP contribution in [0.3, 0.4) is 0 Å². The van der Waals surface area contributed by atoms with Crippen LogP contribution in [-0.2, 0) is 4.74 Å². The first-order chi connectivity index (χ1) is 8.67. The molecule has 100 valence electrons. The molecule has 0 amide bonds. The summed E-state index contributed by atoms with van der Waals surface area (Å²) in [5.74, 6) is 5.26. The number of hydrazine groups is 1. The molecule has 0 radical (unpaired) electrons. The monoisotopic (exact) mass is 254 g/mol. The van der Waals surface area contributed by atoms with E-state index in [0.717, 1.165) is 6.42 Å². The van der Waals surface area contributed by atoms with Crippen LogP contribution in [0.2, 0.25) is 0 Å². The second kappa shape index (κ2) is 7.46. The molecule has 0 aromatic heterocycles. The zero-order valence-corrected chi connectivity index (χ0v) is 10.3. The number of benzene rings is 1. The summed E-state index contributed by atoms with van der Waals surface area (Å²) < 4.78 is 5.20. The van der Waals surface area contributed by atoms with E-state index in [9.17, 15) is 10.1 Å². The second-order valence-electron chi connectivity index (χ2n) is 3.65. The van der Waals surface area contributed by atoms with Crippen LogP contribution in [0.15, 0.2) is 18.2 Å². The van der Waals surface area contributed by atoms with Crippen molar-refractivity contribution in [1.29, 1.82) is 0 Å². The van der Waals surface area contributed by atoms with Gasteiger partial charge in [-0.15, -0.1) is 0 Å². The number of nitrogens with two attached hydrogens (primary N) is 1. The van der Waals surface area contributed by atoms with Crippen LogP contribution in [0.25, 0.3) is 0 Å². The Hall–Kier alpha value is -1.86. The predicted octanol–water partition coefficient (Wildman–Crippen LogP) is 1.72. The van der Waals surface area contributed by atoms with Crippen molar-refractivity contribution >= 4 is 17.1 Å². The van der Waals surface area contributed by atoms with Crippen molar-refractivity contribution in [1.82, 2.24) is 0 Å². The molecule has 0 atom stereocenters. The maximum absolute atomic E-state index is 10.7. The molecule has 0 heterocycles. The molecule has 0 spiro atoms. The Kier molecular flexibility index (Phi) is 5.89. The average Bonchev–Trinajstić information content (AvgIpc) is 2.38. The first-order valence-electron chi connectivity index (χ1n) is 5.75. The van der Waals surface area contributed by atoms with E-state index >= 15 is 0 Å². The Balaban J connectivity index is 2.58. The first-order valence-corrected chi connectivity index (χ1v) is 5.75. The molecule has 7 heteroatoms. The molecule has 0 bridgehead atoms. The Labute approximate surface area is 105 Å². The van der Waals surface area contributed by atoms with Crippen LogP contribution in [0, 0.1) is 10.1 Å². The molecule has 7 nitrogen and oxygen atoms in total. The highest BCUT2D eigenvalue weighted by molar-refractivity contribution is 5.63. The maximum atomic E-state index is 10.7. The Bertz CT molecular complexity index is 398. The van der Waals surface area contributed by atoms with E-state index < -0.39 is 4.92 Å². The summed E-state index contributed by atoms with van der Waals surface area (Å²) in [6.45, 7) is 3.98. The predicted molar refractivity (Wildman–Crippen MR) is 70.5 cm³/mol. The molecular weight excluding hydrogens is 236 g/mol. The van der Waals surface area contributed by atoms with Gasteiger partial charge < -0.3 is 15.5 Å². The van der Waals surface area contributed by atoms with Crippen molar-refractivity contribution < 1.29 is 9.66 Å². The minimum absolute atomic E-state index is 0.00208. The summed E-state index contributed by atoms with van der Waals surface area (Å²) in [5, 5.41) is 13.8. The van der Waals surface area contributed by atoms with Gasteiger partial charge in [0.05, 0.1) is 10.6 Å². The number of hydrogen-bond donors (Lipinski definition) is 3. The highest BCUT2D eigenvalue weighted by Crippen LogP contribution is 2.23. The van der Waals surface area contributed by atoms with E-state index in [1.807, 2.05) is 6.92 Å². The fourth-order valence-electron chi connectivity index (χ4n) is 1.45. The van der Waals surface area contributed by atoms with Crippen LogP contribution < -0.4 is 16.6 Å². The highest BCUT2D eigenvalue weighted by atomic mass is 16.6. The normalized spacial score (nSPS) is 10.1. The van der Waals surface area contributed by atoms with Gasteiger partial charge in [0.15, 0.2) is 0 Å². The molecule has 18 heavy (non-hydrogen) atoms. The number of ether oxygens (including phenoxy) is 1. The fourth-order valence-corrected chi connectivity index (χ4v) is 1.45. The summed E-state index contributed by atoms with van der Waals surface area (Å²) >= 11 is 0. The molecule has 0 saturated heterocycles. The molecule has 0 aliphatic carbocycles. The smallest absolute Gasteiger partial charge is 0.273 e. The Morgan fingerprint density at radius 1 is 1.39 bits per heavy atom. The van der Waals surface area contributed by atoms with Crippen molar-refractivity contribution in [3.63, 3.8) is 0 Å². The van der Waals surface area contributed by atoms with Gasteiger partial charge in [-0.25, -0.2) is 0 Å². The van der Waals surface area contributed by atoms with Gasteiger partial charge in [-0.1, -0.05) is 0 Å². The van der Waals surface area contributed by atoms with Gasteiger partial charge in [0.25, 0.3) is 5.69 Å². The fraction of sp³-hybridized carbons (Fsp3) is 0.455. The number of hydrogen-bond acceptors (Lipinski definition) is 6. The van der Waals surface area contributed by atoms with Crippen LogP contribution >= 0.6 is 0 Å². The molecule has 1 aromatic rings. The van der Waals surface area contributed by atoms with E-state index in [2.05, 4.69) is 10.7 Å². The van der Waals surface area contributed by atoms with Crippen molar-refractivity contribution in [2.24, 2.45) is 5.84 Å². The lowest BCUT2D eigenvalue weighted by Crippen LogP contribution is -2.09. The molecular formula is C11H18N4O3. The molecule has 0 aliphatic heterocycles. The SMILES string of the molecule is CCOCCCNc1cc(NN)cc([N+](=O)[O-])c1. The average molecular weight is 254 g/mol. The second-order valence-corrected chi connectivity index (χ2v) is 3.65. The number of nitro benzene ring substituents is 1. The van der Waals surface area contributed by atoms with Crippen molar-refractivity contribution in [2.45, 2.75) is 13.3 Å². The molecule has 0 aliphatic rings. The number of rotatable bonds is 8. The van der Waals surface area contributed by atoms with Gasteiger partial charge in [0.1, 0.15) is 0 Å². The topological polar surface area (TPSA) is 102 Å². The van der Waals surface area contributed by atoms with E-state index in [1.54, 1.807) is 6.07 Å². The number of anilines is 2. The van der Waals surface area contributed by atoms with Crippen molar-refractivity contribution in [2.75, 3.05) is 30.5 Å². The first kappa shape index (κ1) is 14.2. The largest absolute Gasteiger partial charge is 0.385 e. The Morgan fingerprint density at radius 3 is 2.72 bits per heavy atom. The molecule has 0 fully saturated rings. The number of nitrogens with zero attached hydrogens (tertiary/aromatic N) is 1. The summed E-state index contributed by atoms with van der Waals surface area (Å²) in [5.41, 5.74) is 3.56. The van der Waals surface area contributed by atoms with Crippen molar-refractivity contribution in [3.05, 3.63) is 28.3 Å². The van der Waals surface area contributed by atoms with E-state index in [0.29, 0.717) is 31.1 Å². The van der Waals surface area contributed by atoms with E-state index in [-0.39, 0.29) is 5.69 Å². The van der Waals surface area contributed by atoms with Crippen LogP contribution in [0.1, 0.15) is 13.3 Å². The summed E-state index contributed by atoms with van der Waals surface area (Å²) in [6.07, 6.45) is 0.835. The zero-order valence-electron chi connectivity index (χ0n) is 10.3. The maximum Gasteiger partial charge on any atom is 0.273 e. The van der Waals surface area contributed by atoms with Crippen molar-refractivity contribution in [3.8, 4) is 0 Å². The van der Waals surface area contributed by atoms with Crippen LogP contribution in [0.5, 0.6) is 0 Å². The quantitative estimate of drug-likeness (QED) is 0.282. The van der Waals surface area contributed by atoms with Gasteiger partial charge in [-0.2, -0.15) is 0 Å². The van der Waals surface area contributed by atoms with Gasteiger partial charge >= 0.3 is 0 Å². The van der Waals surface area contributed by atoms with Gasteiger partial charge in [-0.05, 0) is 19.4 Å². The number of nitrogen functional groups attached to an aromatic ring is 1. The standard InChI is InChI=1S/C11H18N4O3/c1-2-18-5-3-4-13-9-6-10(14-12)8-11(7-9)15(16)17/h6-8,13-14H,2-5,12H2,1H3. The van der Waals surface area contributed by atoms with Gasteiger partial charge in [0.2, 0.25) is 0 Å². The van der Waals surface area contributed by atoms with E-state index in [1.165, 1.54) is 12.1 Å². The summed E-state index contributed by atoms with van der Waals surface area (Å²) in [7, 11) is 0. The van der Waals surface area contributed by atoms with Crippen LogP contribution in [0.4, 0.5) is 17.1 Å². The molecule has 1 rings (SSSR count). The summed E-state index contributed by atoms with van der Waals surface area (Å²) in [4.78, 5) is 10.3. The zero-order chi connectivity index (χ0) is 13.4. The number of nitrogens with one attached hydrogen (secondary N) is 2. The third-order valence-electron chi connectivity index (χ3n) is 2.29. The third kappa shape index (κ3) is 4.56. The van der Waals surface area contributed by atoms with Gasteiger partial charge in [0, 0.05) is 37.6 Å². The van der Waals surface area contributed by atoms with Crippen LogP contribution in [-0.4, -0.2) is 24.7 Å². The minimum Gasteiger partial charge on any atom is -0.385 e.